The van der Waals surface area contributed by atoms with Crippen molar-refractivity contribution in [3.8, 4) is 0 Å². The van der Waals surface area contributed by atoms with E-state index in [4.69, 9.17) is 0 Å². The van der Waals surface area contributed by atoms with Crippen LogP contribution in [0.15, 0.2) is 56.2 Å². The molecule has 0 bridgehead atoms. The van der Waals surface area contributed by atoms with Crippen molar-refractivity contribution in [2.75, 3.05) is 7.11 Å². The highest BCUT2D eigenvalue weighted by molar-refractivity contribution is 9.10. The number of methoxy groups -OCH3 is 1. The SMILES string of the molecule is COC(=O)Cn1c(=NS(=O)(=O)c2ccc(F)cc2)sc2cc(Br)ccc21. The molecular formula is C16H12BrFN2O4S2. The number of esters is 1. The smallest absolute Gasteiger partial charge is 0.325 e. The minimum atomic E-state index is -4.07. The van der Waals surface area contributed by atoms with E-state index in [9.17, 15) is 17.6 Å². The summed E-state index contributed by atoms with van der Waals surface area (Å²) in [5.74, 6) is -1.08. The summed E-state index contributed by atoms with van der Waals surface area (Å²) in [6.45, 7) is -0.185. The van der Waals surface area contributed by atoms with E-state index in [0.29, 0.717) is 5.52 Å². The number of aromatic nitrogens is 1. The fourth-order valence-electron chi connectivity index (χ4n) is 2.23. The number of halogens is 2. The molecule has 26 heavy (non-hydrogen) atoms. The first-order valence-electron chi connectivity index (χ1n) is 7.22. The number of fused-ring (bicyclic) bond motifs is 1. The molecule has 3 rings (SSSR count). The van der Waals surface area contributed by atoms with Crippen molar-refractivity contribution in [1.82, 2.24) is 4.57 Å². The average molecular weight is 459 g/mol. The van der Waals surface area contributed by atoms with Gasteiger partial charge in [-0.2, -0.15) is 8.42 Å². The second kappa shape index (κ2) is 7.29. The number of hydrogen-bond donors (Lipinski definition) is 0. The lowest BCUT2D eigenvalue weighted by Crippen LogP contribution is -2.22. The number of benzene rings is 2. The maximum atomic E-state index is 13.0. The molecule has 0 aliphatic heterocycles. The van der Waals surface area contributed by atoms with Crippen LogP contribution in [-0.2, 0) is 26.1 Å². The molecule has 0 spiro atoms. The van der Waals surface area contributed by atoms with Crippen molar-refractivity contribution in [3.63, 3.8) is 0 Å². The number of sulfonamides is 1. The van der Waals surface area contributed by atoms with E-state index in [2.05, 4.69) is 25.1 Å². The lowest BCUT2D eigenvalue weighted by atomic mass is 10.3. The quantitative estimate of drug-likeness (QED) is 0.562. The lowest BCUT2D eigenvalue weighted by molar-refractivity contribution is -0.141. The van der Waals surface area contributed by atoms with Crippen LogP contribution in [0.1, 0.15) is 0 Å². The standard InChI is InChI=1S/C16H12BrFN2O4S2/c1-24-15(21)9-20-13-7-2-10(17)8-14(13)25-16(20)19-26(22,23)12-5-3-11(18)4-6-12/h2-8H,9H2,1H3. The predicted molar refractivity (Wildman–Crippen MR) is 98.7 cm³/mol. The molecule has 0 saturated heterocycles. The van der Waals surface area contributed by atoms with Crippen LogP contribution in [0.25, 0.3) is 10.2 Å². The maximum Gasteiger partial charge on any atom is 0.325 e. The Bertz CT molecular complexity index is 1150. The summed E-state index contributed by atoms with van der Waals surface area (Å²) in [6.07, 6.45) is 0. The van der Waals surface area contributed by atoms with Crippen LogP contribution in [0.4, 0.5) is 4.39 Å². The van der Waals surface area contributed by atoms with Crippen molar-refractivity contribution in [3.05, 3.63) is 57.6 Å². The Morgan fingerprint density at radius 1 is 1.27 bits per heavy atom. The first kappa shape index (κ1) is 18.7. The normalized spacial score (nSPS) is 12.5. The van der Waals surface area contributed by atoms with E-state index in [0.717, 1.165) is 44.8 Å². The molecule has 0 saturated carbocycles. The Hall–Kier alpha value is -2.04. The van der Waals surface area contributed by atoms with Gasteiger partial charge in [-0.1, -0.05) is 27.3 Å². The van der Waals surface area contributed by atoms with Gasteiger partial charge in [0.1, 0.15) is 12.4 Å². The van der Waals surface area contributed by atoms with Crippen LogP contribution in [0.3, 0.4) is 0 Å². The van der Waals surface area contributed by atoms with Gasteiger partial charge < -0.3 is 9.30 Å². The minimum Gasteiger partial charge on any atom is -0.468 e. The highest BCUT2D eigenvalue weighted by Crippen LogP contribution is 2.23. The van der Waals surface area contributed by atoms with Crippen LogP contribution < -0.4 is 4.80 Å². The van der Waals surface area contributed by atoms with Gasteiger partial charge in [-0.05, 0) is 42.5 Å². The number of carbonyl (C=O) groups excluding carboxylic acids is 1. The van der Waals surface area contributed by atoms with Crippen LogP contribution in [0.2, 0.25) is 0 Å². The molecule has 2 aromatic carbocycles. The summed E-state index contributed by atoms with van der Waals surface area (Å²) < 4.78 is 49.7. The molecule has 0 aliphatic carbocycles. The third-order valence-corrected chi connectivity index (χ3v) is 6.40. The highest BCUT2D eigenvalue weighted by atomic mass is 79.9. The van der Waals surface area contributed by atoms with E-state index in [-0.39, 0.29) is 16.2 Å². The third-order valence-electron chi connectivity index (χ3n) is 3.47. The average Bonchev–Trinajstić information content (AvgIpc) is 2.90. The van der Waals surface area contributed by atoms with Crippen molar-refractivity contribution in [2.45, 2.75) is 11.4 Å². The van der Waals surface area contributed by atoms with E-state index < -0.39 is 21.8 Å². The van der Waals surface area contributed by atoms with Crippen LogP contribution in [0.5, 0.6) is 0 Å². The van der Waals surface area contributed by atoms with Crippen LogP contribution >= 0.6 is 27.3 Å². The summed E-state index contributed by atoms with van der Waals surface area (Å²) in [6, 6.07) is 9.71. The van der Waals surface area contributed by atoms with Gasteiger partial charge in [0, 0.05) is 4.47 Å². The number of hydrogen-bond acceptors (Lipinski definition) is 5. The zero-order valence-electron chi connectivity index (χ0n) is 13.3. The highest BCUT2D eigenvalue weighted by Gasteiger charge is 2.16. The fraction of sp³-hybridized carbons (Fsp3) is 0.125. The second-order valence-electron chi connectivity index (χ2n) is 5.18. The zero-order valence-corrected chi connectivity index (χ0v) is 16.6. The van der Waals surface area contributed by atoms with Crippen LogP contribution in [0, 0.1) is 5.82 Å². The first-order valence-corrected chi connectivity index (χ1v) is 10.3. The molecule has 0 fully saturated rings. The molecular weight excluding hydrogens is 447 g/mol. The monoisotopic (exact) mass is 458 g/mol. The molecule has 0 radical (unpaired) electrons. The Morgan fingerprint density at radius 3 is 2.62 bits per heavy atom. The number of carbonyl (C=O) groups is 1. The minimum absolute atomic E-state index is 0.118. The summed E-state index contributed by atoms with van der Waals surface area (Å²) in [7, 11) is -2.82. The maximum absolute atomic E-state index is 13.0. The molecule has 1 heterocycles. The molecule has 6 nitrogen and oxygen atoms in total. The van der Waals surface area contributed by atoms with E-state index >= 15 is 0 Å². The van der Waals surface area contributed by atoms with Gasteiger partial charge in [0.25, 0.3) is 10.0 Å². The molecule has 1 aromatic heterocycles. The number of nitrogens with zero attached hydrogens (tertiary/aromatic N) is 2. The zero-order chi connectivity index (χ0) is 18.9. The molecule has 0 N–H and O–H groups in total. The molecule has 0 atom stereocenters. The lowest BCUT2D eigenvalue weighted by Gasteiger charge is -2.04. The summed E-state index contributed by atoms with van der Waals surface area (Å²) in [5.41, 5.74) is 0.650. The van der Waals surface area contributed by atoms with Crippen molar-refractivity contribution in [2.24, 2.45) is 4.40 Å². The number of thiazole rings is 1. The second-order valence-corrected chi connectivity index (χ2v) is 8.71. The van der Waals surface area contributed by atoms with Gasteiger partial charge in [-0.3, -0.25) is 4.79 Å². The van der Waals surface area contributed by atoms with Gasteiger partial charge in [0.2, 0.25) is 4.80 Å². The molecule has 10 heteroatoms. The van der Waals surface area contributed by atoms with Gasteiger partial charge in [-0.15, -0.1) is 4.40 Å². The largest absolute Gasteiger partial charge is 0.468 e. The van der Waals surface area contributed by atoms with E-state index in [1.54, 1.807) is 18.2 Å². The van der Waals surface area contributed by atoms with E-state index in [1.165, 1.54) is 11.7 Å². The topological polar surface area (TPSA) is 77.7 Å². The fourth-order valence-corrected chi connectivity index (χ4v) is 5.01. The van der Waals surface area contributed by atoms with Crippen LogP contribution in [-0.4, -0.2) is 26.1 Å². The number of rotatable bonds is 4. The Balaban J connectivity index is 2.22. The van der Waals surface area contributed by atoms with Crippen molar-refractivity contribution < 1.29 is 22.3 Å². The number of ether oxygens (including phenoxy) is 1. The summed E-state index contributed by atoms with van der Waals surface area (Å²) in [4.78, 5) is 11.7. The Kier molecular flexibility index (Phi) is 5.26. The molecule has 0 unspecified atom stereocenters. The molecule has 0 amide bonds. The van der Waals surface area contributed by atoms with Gasteiger partial charge in [0.05, 0.1) is 22.2 Å². The van der Waals surface area contributed by atoms with E-state index in [1.807, 2.05) is 0 Å². The predicted octanol–water partition coefficient (Wildman–Crippen LogP) is 3.07. The Labute approximate surface area is 160 Å². The van der Waals surface area contributed by atoms with Crippen molar-refractivity contribution >= 4 is 53.5 Å². The first-order chi connectivity index (χ1) is 12.3. The summed E-state index contributed by atoms with van der Waals surface area (Å²) >= 11 is 4.48. The van der Waals surface area contributed by atoms with Crippen molar-refractivity contribution in [1.29, 1.82) is 0 Å². The van der Waals surface area contributed by atoms with Gasteiger partial charge >= 0.3 is 5.97 Å². The molecule has 3 aromatic rings. The van der Waals surface area contributed by atoms with Gasteiger partial charge in [0.15, 0.2) is 0 Å². The summed E-state index contributed by atoms with van der Waals surface area (Å²) in [5, 5.41) is 0. The molecule has 0 aliphatic rings. The third kappa shape index (κ3) is 3.87. The van der Waals surface area contributed by atoms with Gasteiger partial charge in [-0.25, -0.2) is 4.39 Å². The molecule has 136 valence electrons. The Morgan fingerprint density at radius 2 is 1.96 bits per heavy atom.